The Bertz CT molecular complexity index is 552. The summed E-state index contributed by atoms with van der Waals surface area (Å²) in [5.41, 5.74) is 5.77. The zero-order valence-corrected chi connectivity index (χ0v) is 12.1. The SMILES string of the molecule is Cc1cc(C)cc(CC(O)Cc2cc(C)nn2C)c1. The van der Waals surface area contributed by atoms with E-state index in [0.717, 1.165) is 11.4 Å². The lowest BCUT2D eigenvalue weighted by Gasteiger charge is -2.12. The van der Waals surface area contributed by atoms with E-state index in [9.17, 15) is 5.11 Å². The first-order valence-corrected chi connectivity index (χ1v) is 6.69. The van der Waals surface area contributed by atoms with Gasteiger partial charge in [-0.2, -0.15) is 5.10 Å². The van der Waals surface area contributed by atoms with Crippen molar-refractivity contribution in [1.82, 2.24) is 9.78 Å². The normalized spacial score (nSPS) is 12.7. The summed E-state index contributed by atoms with van der Waals surface area (Å²) in [6.07, 6.45) is 0.966. The number of hydrogen-bond donors (Lipinski definition) is 1. The lowest BCUT2D eigenvalue weighted by molar-refractivity contribution is 0.173. The van der Waals surface area contributed by atoms with E-state index < -0.39 is 0 Å². The number of nitrogens with zero attached hydrogens (tertiary/aromatic N) is 2. The molecule has 1 aromatic heterocycles. The van der Waals surface area contributed by atoms with Crippen LogP contribution in [0, 0.1) is 20.8 Å². The molecular weight excluding hydrogens is 236 g/mol. The number of aromatic nitrogens is 2. The molecule has 3 nitrogen and oxygen atoms in total. The molecule has 1 heterocycles. The van der Waals surface area contributed by atoms with Gasteiger partial charge in [-0.3, -0.25) is 4.68 Å². The molecule has 1 N–H and O–H groups in total. The summed E-state index contributed by atoms with van der Waals surface area (Å²) in [4.78, 5) is 0. The highest BCUT2D eigenvalue weighted by Gasteiger charge is 2.11. The van der Waals surface area contributed by atoms with Crippen LogP contribution in [0.5, 0.6) is 0 Å². The van der Waals surface area contributed by atoms with Gasteiger partial charge < -0.3 is 5.11 Å². The largest absolute Gasteiger partial charge is 0.392 e. The van der Waals surface area contributed by atoms with Gasteiger partial charge in [-0.1, -0.05) is 29.3 Å². The average molecular weight is 258 g/mol. The lowest BCUT2D eigenvalue weighted by Crippen LogP contribution is -2.16. The summed E-state index contributed by atoms with van der Waals surface area (Å²) >= 11 is 0. The van der Waals surface area contributed by atoms with Crippen molar-refractivity contribution in [2.24, 2.45) is 7.05 Å². The van der Waals surface area contributed by atoms with Gasteiger partial charge in [-0.25, -0.2) is 0 Å². The van der Waals surface area contributed by atoms with Crippen LogP contribution >= 0.6 is 0 Å². The lowest BCUT2D eigenvalue weighted by atomic mass is 10.0. The standard InChI is InChI=1S/C16H22N2O/c1-11-5-12(2)7-14(6-11)9-16(19)10-15-8-13(3)17-18(15)4/h5-8,16,19H,9-10H2,1-4H3. The van der Waals surface area contributed by atoms with Crippen molar-refractivity contribution in [3.63, 3.8) is 0 Å². The highest BCUT2D eigenvalue weighted by molar-refractivity contribution is 5.29. The first kappa shape index (κ1) is 13.8. The van der Waals surface area contributed by atoms with Crippen molar-refractivity contribution in [3.8, 4) is 0 Å². The second-order valence-corrected chi connectivity index (χ2v) is 5.46. The van der Waals surface area contributed by atoms with Gasteiger partial charge in [0.15, 0.2) is 0 Å². The smallest absolute Gasteiger partial charge is 0.0635 e. The van der Waals surface area contributed by atoms with Gasteiger partial charge in [0.25, 0.3) is 0 Å². The van der Waals surface area contributed by atoms with Gasteiger partial charge in [0.05, 0.1) is 11.8 Å². The molecule has 0 saturated carbocycles. The predicted molar refractivity (Wildman–Crippen MR) is 77.3 cm³/mol. The third-order valence-electron chi connectivity index (χ3n) is 3.30. The van der Waals surface area contributed by atoms with Crippen LogP contribution in [-0.4, -0.2) is 21.0 Å². The first-order valence-electron chi connectivity index (χ1n) is 6.69. The Labute approximate surface area is 114 Å². The van der Waals surface area contributed by atoms with E-state index in [1.165, 1.54) is 16.7 Å². The Balaban J connectivity index is 2.05. The predicted octanol–water partition coefficient (Wildman–Crippen LogP) is 2.49. The minimum atomic E-state index is -0.365. The van der Waals surface area contributed by atoms with Gasteiger partial charge in [0.2, 0.25) is 0 Å². The summed E-state index contributed by atoms with van der Waals surface area (Å²) in [5.74, 6) is 0. The quantitative estimate of drug-likeness (QED) is 0.915. The number of rotatable bonds is 4. The summed E-state index contributed by atoms with van der Waals surface area (Å²) in [7, 11) is 1.92. The third kappa shape index (κ3) is 3.67. The maximum absolute atomic E-state index is 10.2. The van der Waals surface area contributed by atoms with Crippen molar-refractivity contribution in [2.75, 3.05) is 0 Å². The van der Waals surface area contributed by atoms with Crippen molar-refractivity contribution in [3.05, 3.63) is 52.3 Å². The topological polar surface area (TPSA) is 38.1 Å². The molecule has 0 fully saturated rings. The molecule has 2 aromatic rings. The van der Waals surface area contributed by atoms with Crippen molar-refractivity contribution in [1.29, 1.82) is 0 Å². The van der Waals surface area contributed by atoms with Crippen LogP contribution in [0.15, 0.2) is 24.3 Å². The minimum Gasteiger partial charge on any atom is -0.392 e. The molecular formula is C16H22N2O. The van der Waals surface area contributed by atoms with Crippen LogP contribution in [0.2, 0.25) is 0 Å². The van der Waals surface area contributed by atoms with E-state index >= 15 is 0 Å². The second-order valence-electron chi connectivity index (χ2n) is 5.46. The van der Waals surface area contributed by atoms with Gasteiger partial charge >= 0.3 is 0 Å². The Hall–Kier alpha value is -1.61. The molecule has 19 heavy (non-hydrogen) atoms. The molecule has 3 heteroatoms. The molecule has 102 valence electrons. The second kappa shape index (κ2) is 5.57. The molecule has 0 bridgehead atoms. The minimum absolute atomic E-state index is 0.365. The number of aryl methyl sites for hydroxylation is 4. The zero-order chi connectivity index (χ0) is 14.0. The molecule has 0 aliphatic heterocycles. The maximum Gasteiger partial charge on any atom is 0.0635 e. The zero-order valence-electron chi connectivity index (χ0n) is 12.1. The Morgan fingerprint density at radius 1 is 1.05 bits per heavy atom. The molecule has 0 spiro atoms. The molecule has 1 unspecified atom stereocenters. The average Bonchev–Trinajstić information content (AvgIpc) is 2.55. The maximum atomic E-state index is 10.2. The summed E-state index contributed by atoms with van der Waals surface area (Å²) in [6, 6.07) is 8.47. The van der Waals surface area contributed by atoms with Crippen LogP contribution in [0.4, 0.5) is 0 Å². The number of aliphatic hydroxyl groups is 1. The Morgan fingerprint density at radius 2 is 1.68 bits per heavy atom. The molecule has 0 amide bonds. The molecule has 0 saturated heterocycles. The number of benzene rings is 1. The van der Waals surface area contributed by atoms with E-state index in [1.807, 2.05) is 24.7 Å². The fourth-order valence-electron chi connectivity index (χ4n) is 2.63. The van der Waals surface area contributed by atoms with E-state index in [0.29, 0.717) is 12.8 Å². The van der Waals surface area contributed by atoms with Crippen molar-refractivity contribution < 1.29 is 5.11 Å². The van der Waals surface area contributed by atoms with Crippen LogP contribution in [-0.2, 0) is 19.9 Å². The van der Waals surface area contributed by atoms with Gasteiger partial charge in [-0.15, -0.1) is 0 Å². The first-order chi connectivity index (χ1) is 8.94. The Morgan fingerprint density at radius 3 is 2.21 bits per heavy atom. The third-order valence-corrected chi connectivity index (χ3v) is 3.30. The van der Waals surface area contributed by atoms with E-state index in [1.54, 1.807) is 0 Å². The van der Waals surface area contributed by atoms with E-state index in [4.69, 9.17) is 0 Å². The highest BCUT2D eigenvalue weighted by Crippen LogP contribution is 2.13. The van der Waals surface area contributed by atoms with Gasteiger partial charge in [-0.05, 0) is 38.8 Å². The fourth-order valence-corrected chi connectivity index (χ4v) is 2.63. The van der Waals surface area contributed by atoms with E-state index in [-0.39, 0.29) is 6.10 Å². The van der Waals surface area contributed by atoms with Crippen molar-refractivity contribution >= 4 is 0 Å². The molecule has 0 radical (unpaired) electrons. The van der Waals surface area contributed by atoms with Crippen LogP contribution in [0.3, 0.4) is 0 Å². The Kier molecular flexibility index (Phi) is 4.05. The van der Waals surface area contributed by atoms with E-state index in [2.05, 4.69) is 37.1 Å². The fraction of sp³-hybridized carbons (Fsp3) is 0.438. The number of aliphatic hydroxyl groups excluding tert-OH is 1. The molecule has 1 aromatic carbocycles. The summed E-state index contributed by atoms with van der Waals surface area (Å²) in [5, 5.41) is 14.5. The summed E-state index contributed by atoms with van der Waals surface area (Å²) < 4.78 is 1.85. The van der Waals surface area contributed by atoms with Crippen LogP contribution in [0.25, 0.3) is 0 Å². The van der Waals surface area contributed by atoms with Crippen LogP contribution < -0.4 is 0 Å². The molecule has 2 rings (SSSR count). The monoisotopic (exact) mass is 258 g/mol. The van der Waals surface area contributed by atoms with Crippen LogP contribution in [0.1, 0.15) is 28.1 Å². The summed E-state index contributed by atoms with van der Waals surface area (Å²) in [6.45, 7) is 6.15. The van der Waals surface area contributed by atoms with Gasteiger partial charge in [0.1, 0.15) is 0 Å². The molecule has 0 aliphatic carbocycles. The highest BCUT2D eigenvalue weighted by atomic mass is 16.3. The molecule has 0 aliphatic rings. The molecule has 1 atom stereocenters. The van der Waals surface area contributed by atoms with Gasteiger partial charge in [0, 0.05) is 19.2 Å². The van der Waals surface area contributed by atoms with Crippen molar-refractivity contribution in [2.45, 2.75) is 39.7 Å². The number of hydrogen-bond acceptors (Lipinski definition) is 2.